The molecule has 0 bridgehead atoms. The zero-order chi connectivity index (χ0) is 11.7. The lowest BCUT2D eigenvalue weighted by Gasteiger charge is -2.31. The maximum Gasteiger partial charge on any atom is 0.254 e. The number of halogens is 1. The molecule has 2 N–H and O–H groups in total. The Hall–Kier alpha value is -1.13. The Morgan fingerprint density at radius 1 is 1.62 bits per heavy atom. The summed E-state index contributed by atoms with van der Waals surface area (Å²) in [5.74, 6) is -0.227. The average molecular weight is 241 g/mol. The van der Waals surface area contributed by atoms with Gasteiger partial charge in [-0.15, -0.1) is 0 Å². The Morgan fingerprint density at radius 3 is 2.88 bits per heavy atom. The number of nitrogens with one attached hydrogen (secondary N) is 1. The molecule has 0 aliphatic heterocycles. The minimum Gasteiger partial charge on any atom is -0.393 e. The van der Waals surface area contributed by atoms with E-state index in [0.717, 1.165) is 5.69 Å². The molecule has 1 aliphatic rings. The highest BCUT2D eigenvalue weighted by molar-refractivity contribution is 6.33. The van der Waals surface area contributed by atoms with Gasteiger partial charge in [0.25, 0.3) is 5.91 Å². The van der Waals surface area contributed by atoms with Crippen LogP contribution in [-0.4, -0.2) is 28.1 Å². The highest BCUT2D eigenvalue weighted by Gasteiger charge is 2.29. The molecule has 4 nitrogen and oxygen atoms in total. The summed E-state index contributed by atoms with van der Waals surface area (Å²) in [6.07, 6.45) is 2.42. The number of carbonyl (C=O) groups excluding carboxylic acids is 1. The summed E-state index contributed by atoms with van der Waals surface area (Å²) in [4.78, 5) is 15.8. The Morgan fingerprint density at radius 2 is 2.31 bits per heavy atom. The minimum absolute atomic E-state index is 0.0554. The van der Waals surface area contributed by atoms with Crippen LogP contribution < -0.4 is 5.32 Å². The third kappa shape index (κ3) is 2.33. The molecule has 1 saturated carbocycles. The molecular weight excluding hydrogens is 228 g/mol. The number of aromatic nitrogens is 1. The highest BCUT2D eigenvalue weighted by Crippen LogP contribution is 2.21. The molecule has 1 heterocycles. The van der Waals surface area contributed by atoms with Gasteiger partial charge < -0.3 is 10.4 Å². The van der Waals surface area contributed by atoms with E-state index in [0.29, 0.717) is 23.4 Å². The summed E-state index contributed by atoms with van der Waals surface area (Å²) in [5, 5.41) is 12.3. The van der Waals surface area contributed by atoms with E-state index in [4.69, 9.17) is 16.7 Å². The maximum absolute atomic E-state index is 11.8. The van der Waals surface area contributed by atoms with Gasteiger partial charge in [-0.3, -0.25) is 9.78 Å². The lowest BCUT2D eigenvalue weighted by molar-refractivity contribution is 0.0562. The number of carbonyl (C=O) groups is 1. The summed E-state index contributed by atoms with van der Waals surface area (Å²) in [5.41, 5.74) is 1.16. The van der Waals surface area contributed by atoms with E-state index in [-0.39, 0.29) is 18.1 Å². The van der Waals surface area contributed by atoms with Gasteiger partial charge in [0.05, 0.1) is 16.7 Å². The van der Waals surface area contributed by atoms with Crippen LogP contribution in [0.2, 0.25) is 5.02 Å². The van der Waals surface area contributed by atoms with E-state index in [1.54, 1.807) is 6.07 Å². The van der Waals surface area contributed by atoms with Crippen LogP contribution in [0.4, 0.5) is 0 Å². The number of nitrogens with zero attached hydrogens (tertiary/aromatic N) is 1. The van der Waals surface area contributed by atoms with Crippen molar-refractivity contribution in [3.8, 4) is 0 Å². The predicted molar refractivity (Wildman–Crippen MR) is 60.5 cm³/mol. The summed E-state index contributed by atoms with van der Waals surface area (Å²) in [6, 6.07) is 1.71. The number of pyridine rings is 1. The van der Waals surface area contributed by atoms with E-state index >= 15 is 0 Å². The Balaban J connectivity index is 2.03. The van der Waals surface area contributed by atoms with Crippen molar-refractivity contribution in [2.24, 2.45) is 0 Å². The second-order valence-corrected chi connectivity index (χ2v) is 4.51. The molecule has 1 aromatic heterocycles. The van der Waals surface area contributed by atoms with Crippen molar-refractivity contribution in [1.29, 1.82) is 0 Å². The van der Waals surface area contributed by atoms with Gasteiger partial charge in [-0.25, -0.2) is 0 Å². The molecule has 5 heteroatoms. The number of amides is 1. The van der Waals surface area contributed by atoms with Crippen molar-refractivity contribution in [1.82, 2.24) is 10.3 Å². The number of aliphatic hydroxyl groups is 1. The van der Waals surface area contributed by atoms with E-state index in [1.807, 2.05) is 6.92 Å². The quantitative estimate of drug-likeness (QED) is 0.819. The fraction of sp³-hybridized carbons (Fsp3) is 0.455. The van der Waals surface area contributed by atoms with Gasteiger partial charge in [0.15, 0.2) is 0 Å². The summed E-state index contributed by atoms with van der Waals surface area (Å²) >= 11 is 5.95. The predicted octanol–water partition coefficient (Wildman–Crippen LogP) is 1.30. The van der Waals surface area contributed by atoms with Crippen molar-refractivity contribution in [3.63, 3.8) is 0 Å². The molecule has 0 unspecified atom stereocenters. The number of hydrogen-bond donors (Lipinski definition) is 2. The summed E-state index contributed by atoms with van der Waals surface area (Å²) < 4.78 is 0. The van der Waals surface area contributed by atoms with Gasteiger partial charge in [-0.2, -0.15) is 0 Å². The largest absolute Gasteiger partial charge is 0.393 e. The van der Waals surface area contributed by atoms with Crippen LogP contribution in [0.25, 0.3) is 0 Å². The lowest BCUT2D eigenvalue weighted by Crippen LogP contribution is -2.46. The molecule has 0 spiro atoms. The van der Waals surface area contributed by atoms with E-state index in [1.165, 1.54) is 6.20 Å². The van der Waals surface area contributed by atoms with Crippen LogP contribution in [0.15, 0.2) is 12.3 Å². The first-order valence-electron chi connectivity index (χ1n) is 5.17. The first-order chi connectivity index (χ1) is 7.56. The van der Waals surface area contributed by atoms with Crippen LogP contribution in [0, 0.1) is 6.92 Å². The Labute approximate surface area is 98.6 Å². The molecule has 1 fully saturated rings. The molecule has 0 saturated heterocycles. The van der Waals surface area contributed by atoms with Gasteiger partial charge in [0.1, 0.15) is 0 Å². The number of aliphatic hydroxyl groups excluding tert-OH is 1. The molecule has 1 amide bonds. The average Bonchev–Trinajstić information content (AvgIpc) is 2.15. The van der Waals surface area contributed by atoms with Crippen LogP contribution in [-0.2, 0) is 0 Å². The number of hydrogen-bond acceptors (Lipinski definition) is 3. The van der Waals surface area contributed by atoms with Gasteiger partial charge >= 0.3 is 0 Å². The van der Waals surface area contributed by atoms with Gasteiger partial charge in [-0.1, -0.05) is 11.6 Å². The fourth-order valence-electron chi connectivity index (χ4n) is 1.66. The maximum atomic E-state index is 11.8. The second-order valence-electron chi connectivity index (χ2n) is 4.10. The van der Waals surface area contributed by atoms with E-state index < -0.39 is 0 Å². The van der Waals surface area contributed by atoms with Crippen molar-refractivity contribution < 1.29 is 9.90 Å². The minimum atomic E-state index is -0.281. The lowest BCUT2D eigenvalue weighted by atomic mass is 9.89. The van der Waals surface area contributed by atoms with Gasteiger partial charge in [-0.05, 0) is 25.8 Å². The monoisotopic (exact) mass is 240 g/mol. The van der Waals surface area contributed by atoms with Crippen LogP contribution in [0.1, 0.15) is 28.9 Å². The third-order valence-corrected chi connectivity index (χ3v) is 3.00. The first-order valence-corrected chi connectivity index (χ1v) is 5.55. The Kier molecular flexibility index (Phi) is 3.12. The van der Waals surface area contributed by atoms with Gasteiger partial charge in [0.2, 0.25) is 0 Å². The van der Waals surface area contributed by atoms with Crippen LogP contribution in [0.5, 0.6) is 0 Å². The zero-order valence-electron chi connectivity index (χ0n) is 8.90. The summed E-state index contributed by atoms with van der Waals surface area (Å²) in [7, 11) is 0. The molecular formula is C11H13ClN2O2. The van der Waals surface area contributed by atoms with E-state index in [9.17, 15) is 4.79 Å². The molecule has 0 aromatic carbocycles. The number of rotatable bonds is 2. The fourth-order valence-corrected chi connectivity index (χ4v) is 1.95. The van der Waals surface area contributed by atoms with Crippen molar-refractivity contribution in [3.05, 3.63) is 28.5 Å². The van der Waals surface area contributed by atoms with E-state index in [2.05, 4.69) is 10.3 Å². The smallest absolute Gasteiger partial charge is 0.254 e. The Bertz CT molecular complexity index is 416. The molecule has 0 radical (unpaired) electrons. The molecule has 86 valence electrons. The zero-order valence-corrected chi connectivity index (χ0v) is 9.66. The highest BCUT2D eigenvalue weighted by atomic mass is 35.5. The molecule has 1 aromatic rings. The van der Waals surface area contributed by atoms with Crippen LogP contribution in [0.3, 0.4) is 0 Å². The molecule has 2 rings (SSSR count). The molecule has 16 heavy (non-hydrogen) atoms. The van der Waals surface area contributed by atoms with Crippen molar-refractivity contribution in [2.45, 2.75) is 31.9 Å². The first kappa shape index (κ1) is 11.4. The molecule has 1 aliphatic carbocycles. The second kappa shape index (κ2) is 4.39. The SMILES string of the molecule is Cc1cc(Cl)c(C(=O)NC2CC(O)C2)cn1. The standard InChI is InChI=1S/C11H13ClN2O2/c1-6-2-10(12)9(5-13-6)11(16)14-7-3-8(15)4-7/h2,5,7-8,15H,3-4H2,1H3,(H,14,16). The normalized spacial score (nSPS) is 23.7. The third-order valence-electron chi connectivity index (χ3n) is 2.68. The number of aryl methyl sites for hydroxylation is 1. The van der Waals surface area contributed by atoms with Crippen LogP contribution >= 0.6 is 11.6 Å². The van der Waals surface area contributed by atoms with Crippen molar-refractivity contribution >= 4 is 17.5 Å². The molecule has 0 atom stereocenters. The van der Waals surface area contributed by atoms with Crippen molar-refractivity contribution in [2.75, 3.05) is 0 Å². The van der Waals surface area contributed by atoms with Gasteiger partial charge in [0, 0.05) is 17.9 Å². The summed E-state index contributed by atoms with van der Waals surface area (Å²) in [6.45, 7) is 1.82. The topological polar surface area (TPSA) is 62.2 Å².